The lowest BCUT2D eigenvalue weighted by Gasteiger charge is -2.21. The Morgan fingerprint density at radius 2 is 1.77 bits per heavy atom. The number of carbonyl (C=O) groups is 2. The quantitative estimate of drug-likeness (QED) is 0.824. The summed E-state index contributed by atoms with van der Waals surface area (Å²) < 4.78 is 0. The van der Waals surface area contributed by atoms with E-state index in [1.54, 1.807) is 0 Å². The fourth-order valence-electron chi connectivity index (χ4n) is 3.10. The molecule has 0 unspecified atom stereocenters. The summed E-state index contributed by atoms with van der Waals surface area (Å²) in [7, 11) is 0. The summed E-state index contributed by atoms with van der Waals surface area (Å²) in [5.41, 5.74) is 1.86. The molecule has 0 atom stereocenters. The van der Waals surface area contributed by atoms with Crippen molar-refractivity contribution < 1.29 is 9.59 Å². The van der Waals surface area contributed by atoms with Crippen LogP contribution in [0.5, 0.6) is 0 Å². The molecule has 7 nitrogen and oxygen atoms in total. The van der Waals surface area contributed by atoms with E-state index < -0.39 is 0 Å². The van der Waals surface area contributed by atoms with Gasteiger partial charge in [-0.3, -0.25) is 19.9 Å². The van der Waals surface area contributed by atoms with Crippen LogP contribution in [-0.2, 0) is 11.3 Å². The number of urea groups is 1. The lowest BCUT2D eigenvalue weighted by atomic mass is 10.1. The van der Waals surface area contributed by atoms with E-state index in [1.807, 2.05) is 24.3 Å². The summed E-state index contributed by atoms with van der Waals surface area (Å²) >= 11 is 0. The van der Waals surface area contributed by atoms with Gasteiger partial charge in [-0.15, -0.1) is 0 Å². The Kier molecular flexibility index (Phi) is 6.21. The standard InChI is InChI=1S/C19H25N5O2/c20-12-15-2-4-16(5-3-15)13-23-8-1-9-24(11-10-23)14-18(25)22-19(26)21-17-6-7-17/h2-5,17H,1,6-11,13-14H2,(H2,21,22,25,26). The van der Waals surface area contributed by atoms with Gasteiger partial charge >= 0.3 is 6.03 Å². The molecule has 3 amide bonds. The van der Waals surface area contributed by atoms with E-state index in [9.17, 15) is 9.59 Å². The van der Waals surface area contributed by atoms with Gasteiger partial charge in [0.05, 0.1) is 18.2 Å². The first-order valence-corrected chi connectivity index (χ1v) is 9.16. The molecule has 1 aromatic rings. The normalized spacial score (nSPS) is 18.6. The summed E-state index contributed by atoms with van der Waals surface area (Å²) in [6.07, 6.45) is 2.99. The summed E-state index contributed by atoms with van der Waals surface area (Å²) in [6, 6.07) is 9.67. The Bertz CT molecular complexity index is 678. The van der Waals surface area contributed by atoms with E-state index >= 15 is 0 Å². The molecule has 7 heteroatoms. The van der Waals surface area contributed by atoms with E-state index in [2.05, 4.69) is 26.5 Å². The van der Waals surface area contributed by atoms with Crippen molar-refractivity contribution >= 4 is 11.9 Å². The Balaban J connectivity index is 1.41. The number of benzene rings is 1. The topological polar surface area (TPSA) is 88.5 Å². The zero-order chi connectivity index (χ0) is 18.4. The van der Waals surface area contributed by atoms with Gasteiger partial charge in [0.1, 0.15) is 0 Å². The van der Waals surface area contributed by atoms with Crippen LogP contribution in [0.25, 0.3) is 0 Å². The summed E-state index contributed by atoms with van der Waals surface area (Å²) in [4.78, 5) is 28.1. The van der Waals surface area contributed by atoms with Crippen LogP contribution in [0.3, 0.4) is 0 Å². The van der Waals surface area contributed by atoms with Gasteiger partial charge in [0.15, 0.2) is 0 Å². The maximum absolute atomic E-state index is 12.0. The lowest BCUT2D eigenvalue weighted by Crippen LogP contribution is -2.45. The van der Waals surface area contributed by atoms with Crippen LogP contribution in [0.4, 0.5) is 4.79 Å². The number of nitriles is 1. The number of hydrogen-bond acceptors (Lipinski definition) is 5. The third-order valence-corrected chi connectivity index (χ3v) is 4.70. The van der Waals surface area contributed by atoms with Crippen LogP contribution in [0.15, 0.2) is 24.3 Å². The SMILES string of the molecule is N#Cc1ccc(CN2CCCN(CC(=O)NC(=O)NC3CC3)CC2)cc1. The van der Waals surface area contributed by atoms with Gasteiger partial charge in [-0.05, 0) is 50.0 Å². The first-order chi connectivity index (χ1) is 12.6. The highest BCUT2D eigenvalue weighted by atomic mass is 16.2. The maximum Gasteiger partial charge on any atom is 0.321 e. The number of imide groups is 1. The minimum Gasteiger partial charge on any atom is -0.335 e. The van der Waals surface area contributed by atoms with Gasteiger partial charge in [0, 0.05) is 25.7 Å². The number of carbonyl (C=O) groups excluding carboxylic acids is 2. The molecule has 0 aromatic heterocycles. The highest BCUT2D eigenvalue weighted by molar-refractivity contribution is 5.95. The van der Waals surface area contributed by atoms with Crippen LogP contribution in [0, 0.1) is 11.3 Å². The largest absolute Gasteiger partial charge is 0.335 e. The van der Waals surface area contributed by atoms with Crippen molar-refractivity contribution in [3.63, 3.8) is 0 Å². The zero-order valence-electron chi connectivity index (χ0n) is 14.9. The molecular formula is C19H25N5O2. The molecule has 1 aliphatic carbocycles. The molecule has 1 aliphatic heterocycles. The molecule has 0 radical (unpaired) electrons. The summed E-state index contributed by atoms with van der Waals surface area (Å²) in [6.45, 7) is 4.59. The predicted molar refractivity (Wildman–Crippen MR) is 97.2 cm³/mol. The molecule has 0 bridgehead atoms. The molecule has 0 spiro atoms. The summed E-state index contributed by atoms with van der Waals surface area (Å²) in [5, 5.41) is 14.0. The Morgan fingerprint density at radius 1 is 1.08 bits per heavy atom. The minimum absolute atomic E-state index is 0.247. The Morgan fingerprint density at radius 3 is 2.46 bits per heavy atom. The second-order valence-electron chi connectivity index (χ2n) is 7.01. The molecule has 1 saturated heterocycles. The second-order valence-corrected chi connectivity index (χ2v) is 7.01. The molecule has 138 valence electrons. The van der Waals surface area contributed by atoms with Crippen molar-refractivity contribution in [2.75, 3.05) is 32.7 Å². The van der Waals surface area contributed by atoms with Gasteiger partial charge in [-0.2, -0.15) is 5.26 Å². The predicted octanol–water partition coefficient (Wildman–Crippen LogP) is 1.05. The highest BCUT2D eigenvalue weighted by Crippen LogP contribution is 2.18. The molecule has 1 aromatic carbocycles. The van der Waals surface area contributed by atoms with Crippen molar-refractivity contribution in [3.05, 3.63) is 35.4 Å². The van der Waals surface area contributed by atoms with E-state index in [1.165, 1.54) is 5.56 Å². The molecule has 1 heterocycles. The van der Waals surface area contributed by atoms with Gasteiger partial charge in [-0.25, -0.2) is 4.79 Å². The second kappa shape index (κ2) is 8.79. The first-order valence-electron chi connectivity index (χ1n) is 9.16. The number of nitrogens with one attached hydrogen (secondary N) is 2. The first kappa shape index (κ1) is 18.4. The number of rotatable bonds is 5. The molecule has 26 heavy (non-hydrogen) atoms. The number of nitrogens with zero attached hydrogens (tertiary/aromatic N) is 3. The zero-order valence-corrected chi connectivity index (χ0v) is 14.9. The van der Waals surface area contributed by atoms with Crippen LogP contribution >= 0.6 is 0 Å². The van der Waals surface area contributed by atoms with Crippen molar-refractivity contribution in [1.29, 1.82) is 5.26 Å². The molecule has 2 aliphatic rings. The highest BCUT2D eigenvalue weighted by Gasteiger charge is 2.24. The Hall–Kier alpha value is -2.43. The smallest absolute Gasteiger partial charge is 0.321 e. The lowest BCUT2D eigenvalue weighted by molar-refractivity contribution is -0.121. The van der Waals surface area contributed by atoms with E-state index in [-0.39, 0.29) is 24.5 Å². The molecular weight excluding hydrogens is 330 g/mol. The molecule has 3 rings (SSSR count). The minimum atomic E-state index is -0.380. The molecule has 2 fully saturated rings. The van der Waals surface area contributed by atoms with Crippen molar-refractivity contribution in [2.45, 2.75) is 31.8 Å². The van der Waals surface area contributed by atoms with Crippen LogP contribution < -0.4 is 10.6 Å². The van der Waals surface area contributed by atoms with E-state index in [0.29, 0.717) is 5.56 Å². The monoisotopic (exact) mass is 355 g/mol. The van der Waals surface area contributed by atoms with Crippen molar-refractivity contribution in [3.8, 4) is 6.07 Å². The van der Waals surface area contributed by atoms with Crippen molar-refractivity contribution in [1.82, 2.24) is 20.4 Å². The van der Waals surface area contributed by atoms with Gasteiger partial charge in [0.2, 0.25) is 5.91 Å². The Labute approximate surface area is 153 Å². The average molecular weight is 355 g/mol. The molecule has 1 saturated carbocycles. The van der Waals surface area contributed by atoms with Crippen LogP contribution in [-0.4, -0.2) is 60.5 Å². The fraction of sp³-hybridized carbons (Fsp3) is 0.526. The van der Waals surface area contributed by atoms with Crippen molar-refractivity contribution in [2.24, 2.45) is 0 Å². The maximum atomic E-state index is 12.0. The average Bonchev–Trinajstić information content (AvgIpc) is 3.44. The molecule has 2 N–H and O–H groups in total. The van der Waals surface area contributed by atoms with Gasteiger partial charge in [-0.1, -0.05) is 12.1 Å². The third kappa shape index (κ3) is 5.83. The fourth-order valence-corrected chi connectivity index (χ4v) is 3.10. The van der Waals surface area contributed by atoms with E-state index in [4.69, 9.17) is 5.26 Å². The van der Waals surface area contributed by atoms with E-state index in [0.717, 1.165) is 52.0 Å². The van der Waals surface area contributed by atoms with Crippen LogP contribution in [0.2, 0.25) is 0 Å². The number of amides is 3. The van der Waals surface area contributed by atoms with Gasteiger partial charge in [0.25, 0.3) is 0 Å². The summed E-state index contributed by atoms with van der Waals surface area (Å²) in [5.74, 6) is -0.247. The van der Waals surface area contributed by atoms with Crippen LogP contribution in [0.1, 0.15) is 30.4 Å². The van der Waals surface area contributed by atoms with Gasteiger partial charge < -0.3 is 5.32 Å². The third-order valence-electron chi connectivity index (χ3n) is 4.70. The number of hydrogen-bond donors (Lipinski definition) is 2.